The van der Waals surface area contributed by atoms with Crippen molar-refractivity contribution < 1.29 is 5.11 Å². The highest BCUT2D eigenvalue weighted by Gasteiger charge is 2.20. The number of aryl methyl sites for hydroxylation is 1. The van der Waals surface area contributed by atoms with Gasteiger partial charge in [0.15, 0.2) is 0 Å². The maximum absolute atomic E-state index is 11.2. The number of aliphatic imine (C=N–C) groups is 1. The molecule has 4 rings (SSSR count). The van der Waals surface area contributed by atoms with Gasteiger partial charge in [-0.15, -0.1) is 0 Å². The van der Waals surface area contributed by atoms with Crippen LogP contribution in [0.5, 0.6) is 5.75 Å². The number of nitrogens with zero attached hydrogens (tertiary/aromatic N) is 1. The molecule has 0 unspecified atom stereocenters. The molecule has 0 aliphatic rings. The zero-order chi connectivity index (χ0) is 26.6. The molecule has 37 heavy (non-hydrogen) atoms. The Morgan fingerprint density at radius 1 is 0.784 bits per heavy atom. The second-order valence-corrected chi connectivity index (χ2v) is 11.4. The van der Waals surface area contributed by atoms with Gasteiger partial charge in [-0.3, -0.25) is 4.99 Å². The van der Waals surface area contributed by atoms with Gasteiger partial charge in [0.05, 0.1) is 5.69 Å². The molecule has 0 radical (unpaired) electrons. The van der Waals surface area contributed by atoms with E-state index < -0.39 is 0 Å². The second kappa shape index (κ2) is 11.2. The maximum atomic E-state index is 11.2. The van der Waals surface area contributed by atoms with Crippen molar-refractivity contribution in [1.29, 1.82) is 0 Å². The van der Waals surface area contributed by atoms with Gasteiger partial charge in [0.1, 0.15) is 5.75 Å². The van der Waals surface area contributed by atoms with Crippen LogP contribution in [0.2, 0.25) is 0 Å². The fourth-order valence-corrected chi connectivity index (χ4v) is 4.80. The number of hydrogen-bond donors (Lipinski definition) is 1. The summed E-state index contributed by atoms with van der Waals surface area (Å²) in [7, 11) is 0. The Morgan fingerprint density at radius 2 is 1.30 bits per heavy atom. The van der Waals surface area contributed by atoms with Gasteiger partial charge in [0, 0.05) is 17.3 Å². The minimum absolute atomic E-state index is 0.158. The summed E-state index contributed by atoms with van der Waals surface area (Å²) >= 11 is 0. The van der Waals surface area contributed by atoms with E-state index in [0.29, 0.717) is 11.7 Å². The molecular formula is C35H39NO. The van der Waals surface area contributed by atoms with Gasteiger partial charge in [-0.25, -0.2) is 0 Å². The Hall–Kier alpha value is -3.65. The maximum Gasteiger partial charge on any atom is 0.128 e. The van der Waals surface area contributed by atoms with Gasteiger partial charge in [0.25, 0.3) is 0 Å². The first-order valence-electron chi connectivity index (χ1n) is 13.2. The summed E-state index contributed by atoms with van der Waals surface area (Å²) in [6, 6.07) is 29.9. The lowest BCUT2D eigenvalue weighted by molar-refractivity contribution is 0.445. The lowest BCUT2D eigenvalue weighted by Gasteiger charge is -2.22. The second-order valence-electron chi connectivity index (χ2n) is 11.4. The molecule has 0 bridgehead atoms. The molecule has 0 saturated heterocycles. The van der Waals surface area contributed by atoms with Gasteiger partial charge in [-0.1, -0.05) is 113 Å². The SMILES string of the molecule is Cc1cc(C=Nc2c(Cc3ccccc3)cc(C(C)C)cc2Cc2ccccc2)c(O)c(C(C)(C)C)c1. The van der Waals surface area contributed by atoms with Crippen LogP contribution in [-0.4, -0.2) is 11.3 Å². The molecular weight excluding hydrogens is 450 g/mol. The van der Waals surface area contributed by atoms with E-state index in [1.165, 1.54) is 27.8 Å². The largest absolute Gasteiger partial charge is 0.507 e. The average Bonchev–Trinajstić information content (AvgIpc) is 2.85. The zero-order valence-corrected chi connectivity index (χ0v) is 23.0. The highest BCUT2D eigenvalue weighted by atomic mass is 16.3. The van der Waals surface area contributed by atoms with Gasteiger partial charge >= 0.3 is 0 Å². The molecule has 0 fully saturated rings. The highest BCUT2D eigenvalue weighted by molar-refractivity contribution is 5.87. The standard InChI is InChI=1S/C35H39NO/c1-24(2)28-21-29(19-26-13-9-7-10-14-26)33(30(22-28)20-27-15-11-8-12-16-27)36-23-31-17-25(3)18-32(34(31)37)35(4,5)6/h7-18,21-24,37H,19-20H2,1-6H3. The molecule has 2 nitrogen and oxygen atoms in total. The minimum Gasteiger partial charge on any atom is -0.507 e. The fourth-order valence-electron chi connectivity index (χ4n) is 4.80. The van der Waals surface area contributed by atoms with Gasteiger partial charge in [-0.2, -0.15) is 0 Å². The Labute approximate surface area is 222 Å². The third kappa shape index (κ3) is 6.57. The number of phenolic OH excluding ortho intramolecular Hbond substituents is 1. The number of benzene rings is 4. The summed E-state index contributed by atoms with van der Waals surface area (Å²) in [6.07, 6.45) is 3.47. The molecule has 4 aromatic rings. The molecule has 0 aliphatic heterocycles. The smallest absolute Gasteiger partial charge is 0.128 e. The Bertz CT molecular complexity index is 1310. The topological polar surface area (TPSA) is 32.6 Å². The van der Waals surface area contributed by atoms with Crippen molar-refractivity contribution in [3.63, 3.8) is 0 Å². The van der Waals surface area contributed by atoms with Crippen LogP contribution >= 0.6 is 0 Å². The lowest BCUT2D eigenvalue weighted by Crippen LogP contribution is -2.12. The summed E-state index contributed by atoms with van der Waals surface area (Å²) in [5, 5.41) is 11.2. The Morgan fingerprint density at radius 3 is 1.76 bits per heavy atom. The summed E-state index contributed by atoms with van der Waals surface area (Å²) in [5.74, 6) is 0.729. The van der Waals surface area contributed by atoms with Gasteiger partial charge in [-0.05, 0) is 70.5 Å². The molecule has 1 N–H and O–H groups in total. The van der Waals surface area contributed by atoms with E-state index in [2.05, 4.69) is 120 Å². The molecule has 0 aromatic heterocycles. The van der Waals surface area contributed by atoms with Crippen LogP contribution in [0.4, 0.5) is 5.69 Å². The first kappa shape index (κ1) is 26.4. The fraction of sp³-hybridized carbons (Fsp3) is 0.286. The van der Waals surface area contributed by atoms with Crippen molar-refractivity contribution in [2.75, 3.05) is 0 Å². The third-order valence-electron chi connectivity index (χ3n) is 6.86. The van der Waals surface area contributed by atoms with E-state index in [9.17, 15) is 5.11 Å². The molecule has 0 heterocycles. The van der Waals surface area contributed by atoms with Crippen LogP contribution in [0.1, 0.15) is 85.0 Å². The number of phenols is 1. The van der Waals surface area contributed by atoms with Crippen LogP contribution in [-0.2, 0) is 18.3 Å². The Balaban J connectivity index is 1.88. The van der Waals surface area contributed by atoms with Crippen molar-refractivity contribution in [2.24, 2.45) is 4.99 Å². The summed E-state index contributed by atoms with van der Waals surface area (Å²) < 4.78 is 0. The van der Waals surface area contributed by atoms with Crippen molar-refractivity contribution in [1.82, 2.24) is 0 Å². The summed E-state index contributed by atoms with van der Waals surface area (Å²) in [6.45, 7) is 12.9. The Kier molecular flexibility index (Phi) is 7.97. The third-order valence-corrected chi connectivity index (χ3v) is 6.86. The van der Waals surface area contributed by atoms with E-state index >= 15 is 0 Å². The van der Waals surface area contributed by atoms with E-state index in [4.69, 9.17) is 4.99 Å². The predicted octanol–water partition coefficient (Wildman–Crippen LogP) is 9.05. The lowest BCUT2D eigenvalue weighted by atomic mass is 9.84. The minimum atomic E-state index is -0.158. The monoisotopic (exact) mass is 489 g/mol. The van der Waals surface area contributed by atoms with Crippen LogP contribution in [0, 0.1) is 6.92 Å². The van der Waals surface area contributed by atoms with Crippen LogP contribution in [0.25, 0.3) is 0 Å². The summed E-state index contributed by atoms with van der Waals surface area (Å²) in [4.78, 5) is 5.11. The van der Waals surface area contributed by atoms with Gasteiger partial charge in [0.2, 0.25) is 0 Å². The zero-order valence-electron chi connectivity index (χ0n) is 23.0. The molecule has 0 spiro atoms. The number of rotatable bonds is 7. The predicted molar refractivity (Wildman–Crippen MR) is 158 cm³/mol. The quantitative estimate of drug-likeness (QED) is 0.258. The van der Waals surface area contributed by atoms with Gasteiger partial charge < -0.3 is 5.11 Å². The van der Waals surface area contributed by atoms with E-state index in [-0.39, 0.29) is 5.41 Å². The number of hydrogen-bond acceptors (Lipinski definition) is 2. The normalized spacial score (nSPS) is 12.0. The molecule has 2 heteroatoms. The van der Waals surface area contributed by atoms with Crippen molar-refractivity contribution in [3.8, 4) is 5.75 Å². The van der Waals surface area contributed by atoms with Crippen molar-refractivity contribution in [3.05, 3.63) is 129 Å². The molecule has 0 saturated carbocycles. The first-order valence-corrected chi connectivity index (χ1v) is 13.2. The number of aromatic hydroxyl groups is 1. The van der Waals surface area contributed by atoms with E-state index in [0.717, 1.165) is 35.2 Å². The van der Waals surface area contributed by atoms with E-state index in [1.54, 1.807) is 0 Å². The van der Waals surface area contributed by atoms with Crippen molar-refractivity contribution >= 4 is 11.9 Å². The molecule has 0 amide bonds. The summed E-state index contributed by atoms with van der Waals surface area (Å²) in [5.41, 5.74) is 9.93. The molecule has 190 valence electrons. The van der Waals surface area contributed by atoms with Crippen LogP contribution < -0.4 is 0 Å². The first-order chi connectivity index (χ1) is 17.6. The van der Waals surface area contributed by atoms with Crippen LogP contribution in [0.3, 0.4) is 0 Å². The van der Waals surface area contributed by atoms with Crippen molar-refractivity contribution in [2.45, 2.75) is 65.7 Å². The molecule has 0 aliphatic carbocycles. The van der Waals surface area contributed by atoms with E-state index in [1.807, 2.05) is 12.3 Å². The molecule has 4 aromatic carbocycles. The highest BCUT2D eigenvalue weighted by Crippen LogP contribution is 2.36. The van der Waals surface area contributed by atoms with Crippen LogP contribution in [0.15, 0.2) is 89.9 Å². The average molecular weight is 490 g/mol. The molecule has 0 atom stereocenters.